The maximum Gasteiger partial charge on any atom is 0.407 e. The summed E-state index contributed by atoms with van der Waals surface area (Å²) in [6.45, 7) is 6.23. The van der Waals surface area contributed by atoms with E-state index in [9.17, 15) is 9.59 Å². The molecule has 0 aromatic heterocycles. The van der Waals surface area contributed by atoms with E-state index < -0.39 is 5.60 Å². The predicted octanol–water partition coefficient (Wildman–Crippen LogP) is 1.80. The normalized spacial score (nSPS) is 19.8. The van der Waals surface area contributed by atoms with Gasteiger partial charge in [-0.25, -0.2) is 4.79 Å². The molecule has 2 atom stereocenters. The Balaban J connectivity index is 1.72. The average Bonchev–Trinajstić information content (AvgIpc) is 3.20. The van der Waals surface area contributed by atoms with Crippen LogP contribution in [0.15, 0.2) is 24.3 Å². The lowest BCUT2D eigenvalue weighted by molar-refractivity contribution is 0.0522. The van der Waals surface area contributed by atoms with Crippen molar-refractivity contribution < 1.29 is 14.3 Å². The summed E-state index contributed by atoms with van der Waals surface area (Å²) >= 11 is 0. The molecule has 0 aliphatic heterocycles. The first-order valence-electron chi connectivity index (χ1n) is 7.82. The number of ether oxygens (including phenoxy) is 1. The quantitative estimate of drug-likeness (QED) is 0.773. The second kappa shape index (κ2) is 7.00. The Labute approximate surface area is 137 Å². The molecule has 0 radical (unpaired) electrons. The van der Waals surface area contributed by atoms with Crippen LogP contribution in [0.2, 0.25) is 0 Å². The second-order valence-electron chi connectivity index (χ2n) is 6.75. The van der Waals surface area contributed by atoms with Crippen LogP contribution in [-0.2, 0) is 11.3 Å². The molecule has 2 amide bonds. The zero-order valence-corrected chi connectivity index (χ0v) is 14.1. The number of carbonyl (C=O) groups excluding carboxylic acids is 2. The van der Waals surface area contributed by atoms with Gasteiger partial charge in [-0.05, 0) is 44.9 Å². The molecule has 1 aromatic rings. The highest BCUT2D eigenvalue weighted by Crippen LogP contribution is 2.22. The number of alkyl carbamates (subject to hydrolysis) is 1. The number of amides is 2. The average molecular weight is 319 g/mol. The Morgan fingerprint density at radius 1 is 1.17 bits per heavy atom. The van der Waals surface area contributed by atoms with E-state index in [4.69, 9.17) is 4.74 Å². The van der Waals surface area contributed by atoms with E-state index in [1.54, 1.807) is 19.2 Å². The van der Waals surface area contributed by atoms with Crippen LogP contribution in [0.25, 0.3) is 0 Å². The third kappa shape index (κ3) is 5.56. The monoisotopic (exact) mass is 319 g/mol. The molecule has 1 saturated carbocycles. The van der Waals surface area contributed by atoms with Gasteiger partial charge in [-0.3, -0.25) is 4.79 Å². The summed E-state index contributed by atoms with van der Waals surface area (Å²) in [6.07, 6.45) is 0.525. The molecule has 1 fully saturated rings. The topological polar surface area (TPSA) is 79.5 Å². The first kappa shape index (κ1) is 17.3. The van der Waals surface area contributed by atoms with E-state index in [0.29, 0.717) is 12.1 Å². The van der Waals surface area contributed by atoms with Crippen LogP contribution in [0.4, 0.5) is 4.79 Å². The maximum absolute atomic E-state index is 11.7. The minimum absolute atomic E-state index is 0.0895. The molecule has 0 heterocycles. The summed E-state index contributed by atoms with van der Waals surface area (Å²) in [7, 11) is 1.61. The van der Waals surface area contributed by atoms with Crippen molar-refractivity contribution in [3.63, 3.8) is 0 Å². The molecule has 2 rings (SSSR count). The lowest BCUT2D eigenvalue weighted by Gasteiger charge is -2.19. The van der Waals surface area contributed by atoms with E-state index in [0.717, 1.165) is 12.0 Å². The number of rotatable bonds is 5. The zero-order chi connectivity index (χ0) is 17.0. The fourth-order valence-corrected chi connectivity index (χ4v) is 2.21. The Morgan fingerprint density at radius 2 is 1.83 bits per heavy atom. The van der Waals surface area contributed by atoms with Gasteiger partial charge >= 0.3 is 6.09 Å². The second-order valence-corrected chi connectivity index (χ2v) is 6.75. The van der Waals surface area contributed by atoms with Gasteiger partial charge in [0.1, 0.15) is 5.60 Å². The Morgan fingerprint density at radius 3 is 2.39 bits per heavy atom. The molecule has 126 valence electrons. The van der Waals surface area contributed by atoms with E-state index in [-0.39, 0.29) is 24.1 Å². The Bertz CT molecular complexity index is 563. The van der Waals surface area contributed by atoms with Crippen molar-refractivity contribution in [3.05, 3.63) is 35.4 Å². The molecule has 0 bridgehead atoms. The van der Waals surface area contributed by atoms with Gasteiger partial charge in [0, 0.05) is 31.2 Å². The minimum Gasteiger partial charge on any atom is -0.444 e. The van der Waals surface area contributed by atoms with Gasteiger partial charge in [-0.15, -0.1) is 0 Å². The third-order valence-electron chi connectivity index (χ3n) is 3.50. The molecule has 6 heteroatoms. The zero-order valence-electron chi connectivity index (χ0n) is 14.1. The van der Waals surface area contributed by atoms with Gasteiger partial charge in [0.15, 0.2) is 0 Å². The Kier molecular flexibility index (Phi) is 5.26. The molecular weight excluding hydrogens is 294 g/mol. The summed E-state index contributed by atoms with van der Waals surface area (Å²) < 4.78 is 5.23. The highest BCUT2D eigenvalue weighted by atomic mass is 16.6. The fraction of sp³-hybridized carbons (Fsp3) is 0.529. The molecule has 0 spiro atoms. The van der Waals surface area contributed by atoms with Crippen LogP contribution in [0.1, 0.15) is 43.1 Å². The van der Waals surface area contributed by atoms with Gasteiger partial charge in [0.2, 0.25) is 0 Å². The van der Waals surface area contributed by atoms with Gasteiger partial charge in [0.25, 0.3) is 5.91 Å². The van der Waals surface area contributed by atoms with Crippen molar-refractivity contribution in [1.29, 1.82) is 0 Å². The van der Waals surface area contributed by atoms with Crippen LogP contribution >= 0.6 is 0 Å². The van der Waals surface area contributed by atoms with Crippen molar-refractivity contribution in [2.45, 2.75) is 51.4 Å². The van der Waals surface area contributed by atoms with Crippen molar-refractivity contribution in [1.82, 2.24) is 16.0 Å². The summed E-state index contributed by atoms with van der Waals surface area (Å²) in [5.74, 6) is -0.0895. The van der Waals surface area contributed by atoms with Crippen molar-refractivity contribution >= 4 is 12.0 Å². The molecule has 6 nitrogen and oxygen atoms in total. The van der Waals surface area contributed by atoms with E-state index in [1.807, 2.05) is 32.9 Å². The summed E-state index contributed by atoms with van der Waals surface area (Å²) in [5, 5.41) is 8.83. The van der Waals surface area contributed by atoms with Crippen LogP contribution in [0, 0.1) is 0 Å². The molecular formula is C17H25N3O3. The van der Waals surface area contributed by atoms with Crippen LogP contribution in [0.5, 0.6) is 0 Å². The van der Waals surface area contributed by atoms with Gasteiger partial charge in [-0.1, -0.05) is 12.1 Å². The smallest absolute Gasteiger partial charge is 0.407 e. The van der Waals surface area contributed by atoms with Gasteiger partial charge < -0.3 is 20.7 Å². The number of hydrogen-bond acceptors (Lipinski definition) is 4. The lowest BCUT2D eigenvalue weighted by atomic mass is 10.1. The molecule has 1 aliphatic rings. The lowest BCUT2D eigenvalue weighted by Crippen LogP contribution is -2.36. The van der Waals surface area contributed by atoms with Gasteiger partial charge in [0.05, 0.1) is 0 Å². The summed E-state index contributed by atoms with van der Waals surface area (Å²) in [4.78, 5) is 23.1. The SMILES string of the molecule is CNC(=O)c1ccc(CNC2CC2NC(=O)OC(C)(C)C)cc1. The van der Waals surface area contributed by atoms with Crippen molar-refractivity contribution in [2.75, 3.05) is 7.05 Å². The fourth-order valence-electron chi connectivity index (χ4n) is 2.21. The highest BCUT2D eigenvalue weighted by molar-refractivity contribution is 5.93. The number of benzene rings is 1. The minimum atomic E-state index is -0.478. The van der Waals surface area contributed by atoms with Crippen LogP contribution < -0.4 is 16.0 Å². The third-order valence-corrected chi connectivity index (χ3v) is 3.50. The number of hydrogen-bond donors (Lipinski definition) is 3. The molecule has 1 aromatic carbocycles. The number of nitrogens with one attached hydrogen (secondary N) is 3. The molecule has 1 aliphatic carbocycles. The largest absolute Gasteiger partial charge is 0.444 e. The summed E-state index contributed by atoms with van der Waals surface area (Å²) in [6, 6.07) is 7.85. The van der Waals surface area contributed by atoms with Gasteiger partial charge in [-0.2, -0.15) is 0 Å². The summed E-state index contributed by atoms with van der Waals surface area (Å²) in [5.41, 5.74) is 1.27. The van der Waals surface area contributed by atoms with Crippen LogP contribution in [0.3, 0.4) is 0 Å². The molecule has 23 heavy (non-hydrogen) atoms. The highest BCUT2D eigenvalue weighted by Gasteiger charge is 2.38. The van der Waals surface area contributed by atoms with Crippen molar-refractivity contribution in [3.8, 4) is 0 Å². The van der Waals surface area contributed by atoms with E-state index >= 15 is 0 Å². The van der Waals surface area contributed by atoms with E-state index in [1.165, 1.54) is 0 Å². The van der Waals surface area contributed by atoms with Crippen LogP contribution in [-0.4, -0.2) is 36.7 Å². The molecule has 0 saturated heterocycles. The Hall–Kier alpha value is -2.08. The maximum atomic E-state index is 11.7. The number of carbonyl (C=O) groups is 2. The first-order chi connectivity index (χ1) is 10.8. The molecule has 3 N–H and O–H groups in total. The standard InChI is InChI=1S/C17H25N3O3/c1-17(2,3)23-16(22)20-14-9-13(14)19-10-11-5-7-12(8-6-11)15(21)18-4/h5-8,13-14,19H,9-10H2,1-4H3,(H,18,21)(H,20,22). The predicted molar refractivity (Wildman–Crippen MR) is 88.2 cm³/mol. The first-order valence-corrected chi connectivity index (χ1v) is 7.82. The molecule has 2 unspecified atom stereocenters. The van der Waals surface area contributed by atoms with Crippen molar-refractivity contribution in [2.24, 2.45) is 0 Å². The van der Waals surface area contributed by atoms with E-state index in [2.05, 4.69) is 16.0 Å².